The average molecular weight is 427 g/mol. The Labute approximate surface area is 157 Å². The van der Waals surface area contributed by atoms with Gasteiger partial charge < -0.3 is 10.6 Å². The van der Waals surface area contributed by atoms with Crippen LogP contribution in [0.3, 0.4) is 0 Å². The van der Waals surface area contributed by atoms with Gasteiger partial charge in [-0.25, -0.2) is 4.99 Å². The van der Waals surface area contributed by atoms with Crippen molar-refractivity contribution in [1.29, 1.82) is 0 Å². The van der Waals surface area contributed by atoms with E-state index < -0.39 is 0 Å². The highest BCUT2D eigenvalue weighted by Crippen LogP contribution is 2.19. The van der Waals surface area contributed by atoms with Crippen LogP contribution in [-0.4, -0.2) is 18.0 Å². The van der Waals surface area contributed by atoms with Gasteiger partial charge in [0.25, 0.3) is 0 Å². The summed E-state index contributed by atoms with van der Waals surface area (Å²) in [6.45, 7) is 0.760. The predicted octanol–water partition coefficient (Wildman–Crippen LogP) is 4.62. The number of guanidine groups is 1. The first-order valence-corrected chi connectivity index (χ1v) is 9.01. The highest BCUT2D eigenvalue weighted by molar-refractivity contribution is 14.0. The SMILES string of the molecule is I.c1ccc(CN=C(NC2CCCCC2)NC2CCCC2)cc1. The van der Waals surface area contributed by atoms with E-state index in [0.29, 0.717) is 12.1 Å². The van der Waals surface area contributed by atoms with Crippen molar-refractivity contribution in [3.8, 4) is 0 Å². The van der Waals surface area contributed by atoms with Crippen molar-refractivity contribution < 1.29 is 0 Å². The number of nitrogens with one attached hydrogen (secondary N) is 2. The first-order valence-electron chi connectivity index (χ1n) is 9.01. The molecule has 2 fully saturated rings. The van der Waals surface area contributed by atoms with Crippen LogP contribution < -0.4 is 10.6 Å². The van der Waals surface area contributed by atoms with E-state index in [-0.39, 0.29) is 24.0 Å². The average Bonchev–Trinajstić information content (AvgIpc) is 3.08. The topological polar surface area (TPSA) is 36.4 Å². The fourth-order valence-electron chi connectivity index (χ4n) is 3.59. The second-order valence-corrected chi connectivity index (χ2v) is 6.76. The summed E-state index contributed by atoms with van der Waals surface area (Å²) in [5, 5.41) is 7.36. The molecule has 1 aromatic rings. The summed E-state index contributed by atoms with van der Waals surface area (Å²) in [6, 6.07) is 11.8. The summed E-state index contributed by atoms with van der Waals surface area (Å²) in [7, 11) is 0. The first kappa shape index (κ1) is 18.6. The summed E-state index contributed by atoms with van der Waals surface area (Å²) < 4.78 is 0. The van der Waals surface area contributed by atoms with E-state index in [4.69, 9.17) is 4.99 Å². The van der Waals surface area contributed by atoms with E-state index in [2.05, 4.69) is 41.0 Å². The Morgan fingerprint density at radius 3 is 1.91 bits per heavy atom. The van der Waals surface area contributed by atoms with Gasteiger partial charge in [0, 0.05) is 12.1 Å². The minimum atomic E-state index is 0. The molecule has 2 aliphatic rings. The van der Waals surface area contributed by atoms with E-state index in [1.54, 1.807) is 0 Å². The third kappa shape index (κ3) is 6.32. The van der Waals surface area contributed by atoms with Gasteiger partial charge in [0.2, 0.25) is 0 Å². The lowest BCUT2D eigenvalue weighted by Crippen LogP contribution is -2.47. The fraction of sp³-hybridized carbons (Fsp3) is 0.632. The monoisotopic (exact) mass is 427 g/mol. The van der Waals surface area contributed by atoms with Crippen molar-refractivity contribution in [2.45, 2.75) is 76.4 Å². The lowest BCUT2D eigenvalue weighted by Gasteiger charge is -2.26. The molecule has 0 aromatic heterocycles. The standard InChI is InChI=1S/C19H29N3.HI/c1-3-9-16(10-4-1)15-20-19(22-18-13-7-8-14-18)21-17-11-5-2-6-12-17;/h1,3-4,9-10,17-18H,2,5-8,11-15H2,(H2,20,21,22);1H. The molecule has 0 amide bonds. The minimum absolute atomic E-state index is 0. The number of aliphatic imine (C=N–C) groups is 1. The molecule has 0 saturated heterocycles. The molecule has 0 bridgehead atoms. The van der Waals surface area contributed by atoms with Crippen molar-refractivity contribution in [3.63, 3.8) is 0 Å². The third-order valence-corrected chi connectivity index (χ3v) is 4.90. The van der Waals surface area contributed by atoms with Gasteiger partial charge in [0.1, 0.15) is 0 Å². The zero-order valence-electron chi connectivity index (χ0n) is 14.0. The van der Waals surface area contributed by atoms with Crippen molar-refractivity contribution in [2.75, 3.05) is 0 Å². The van der Waals surface area contributed by atoms with Crippen LogP contribution in [-0.2, 0) is 6.54 Å². The number of halogens is 1. The van der Waals surface area contributed by atoms with Crippen LogP contribution >= 0.6 is 24.0 Å². The molecule has 0 spiro atoms. The van der Waals surface area contributed by atoms with E-state index in [1.165, 1.54) is 63.4 Å². The minimum Gasteiger partial charge on any atom is -0.354 e. The molecule has 0 radical (unpaired) electrons. The molecule has 2 N–H and O–H groups in total. The largest absolute Gasteiger partial charge is 0.354 e. The lowest BCUT2D eigenvalue weighted by atomic mass is 9.96. The third-order valence-electron chi connectivity index (χ3n) is 4.90. The normalized spacial score (nSPS) is 20.1. The van der Waals surface area contributed by atoms with Gasteiger partial charge in [-0.15, -0.1) is 24.0 Å². The number of hydrogen-bond donors (Lipinski definition) is 2. The quantitative estimate of drug-likeness (QED) is 0.418. The maximum atomic E-state index is 4.85. The zero-order valence-corrected chi connectivity index (χ0v) is 16.3. The van der Waals surface area contributed by atoms with E-state index in [0.717, 1.165) is 12.5 Å². The number of rotatable bonds is 4. The molecule has 2 saturated carbocycles. The van der Waals surface area contributed by atoms with Crippen molar-refractivity contribution >= 4 is 29.9 Å². The summed E-state index contributed by atoms with van der Waals surface area (Å²) in [6.07, 6.45) is 12.0. The predicted molar refractivity (Wildman–Crippen MR) is 108 cm³/mol. The molecule has 0 heterocycles. The summed E-state index contributed by atoms with van der Waals surface area (Å²) in [5.74, 6) is 1.03. The van der Waals surface area contributed by atoms with E-state index in [1.807, 2.05) is 0 Å². The van der Waals surface area contributed by atoms with Crippen molar-refractivity contribution in [3.05, 3.63) is 35.9 Å². The molecule has 3 nitrogen and oxygen atoms in total. The molecule has 4 heteroatoms. The van der Waals surface area contributed by atoms with Gasteiger partial charge in [0.05, 0.1) is 6.54 Å². The van der Waals surface area contributed by atoms with Crippen LogP contribution in [0.2, 0.25) is 0 Å². The van der Waals surface area contributed by atoms with Crippen LogP contribution in [0.4, 0.5) is 0 Å². The molecule has 128 valence electrons. The molecule has 0 aliphatic heterocycles. The van der Waals surface area contributed by atoms with Gasteiger partial charge in [-0.2, -0.15) is 0 Å². The van der Waals surface area contributed by atoms with Crippen LogP contribution in [0.1, 0.15) is 63.4 Å². The van der Waals surface area contributed by atoms with Crippen molar-refractivity contribution in [1.82, 2.24) is 10.6 Å². The van der Waals surface area contributed by atoms with Gasteiger partial charge >= 0.3 is 0 Å². The van der Waals surface area contributed by atoms with E-state index in [9.17, 15) is 0 Å². The molecule has 1 aromatic carbocycles. The van der Waals surface area contributed by atoms with Crippen LogP contribution in [0, 0.1) is 0 Å². The first-order chi connectivity index (χ1) is 10.9. The molecule has 0 unspecified atom stereocenters. The molecular formula is C19H30IN3. The van der Waals surface area contributed by atoms with Crippen LogP contribution in [0.15, 0.2) is 35.3 Å². The highest BCUT2D eigenvalue weighted by atomic mass is 127. The second-order valence-electron chi connectivity index (χ2n) is 6.76. The second kappa shape index (κ2) is 10.2. The van der Waals surface area contributed by atoms with Crippen molar-refractivity contribution in [2.24, 2.45) is 4.99 Å². The maximum Gasteiger partial charge on any atom is 0.192 e. The molecule has 2 aliphatic carbocycles. The zero-order chi connectivity index (χ0) is 15.0. The Morgan fingerprint density at radius 2 is 1.35 bits per heavy atom. The summed E-state index contributed by atoms with van der Waals surface area (Å²) >= 11 is 0. The van der Waals surface area contributed by atoms with Gasteiger partial charge in [-0.05, 0) is 31.2 Å². The molecule has 23 heavy (non-hydrogen) atoms. The Bertz CT molecular complexity index is 463. The lowest BCUT2D eigenvalue weighted by molar-refractivity contribution is 0.407. The van der Waals surface area contributed by atoms with E-state index >= 15 is 0 Å². The highest BCUT2D eigenvalue weighted by Gasteiger charge is 2.19. The summed E-state index contributed by atoms with van der Waals surface area (Å²) in [4.78, 5) is 4.85. The van der Waals surface area contributed by atoms with Gasteiger partial charge in [-0.1, -0.05) is 62.4 Å². The van der Waals surface area contributed by atoms with Crippen LogP contribution in [0.25, 0.3) is 0 Å². The summed E-state index contributed by atoms with van der Waals surface area (Å²) in [5.41, 5.74) is 1.28. The number of hydrogen-bond acceptors (Lipinski definition) is 1. The van der Waals surface area contributed by atoms with Gasteiger partial charge in [0.15, 0.2) is 5.96 Å². The molecular weight excluding hydrogens is 397 g/mol. The molecule has 3 rings (SSSR count). The smallest absolute Gasteiger partial charge is 0.192 e. The Kier molecular flexibility index (Phi) is 8.20. The fourth-order valence-corrected chi connectivity index (χ4v) is 3.59. The Balaban J connectivity index is 0.00000192. The van der Waals surface area contributed by atoms with Crippen LogP contribution in [0.5, 0.6) is 0 Å². The Morgan fingerprint density at radius 1 is 0.826 bits per heavy atom. The number of benzene rings is 1. The number of nitrogens with zero attached hydrogens (tertiary/aromatic N) is 1. The molecule has 0 atom stereocenters. The van der Waals surface area contributed by atoms with Gasteiger partial charge in [-0.3, -0.25) is 0 Å². The maximum absolute atomic E-state index is 4.85. The Hall–Kier alpha value is -0.780.